The minimum absolute atomic E-state index is 0.187. The molecule has 0 aromatic heterocycles. The van der Waals surface area contributed by atoms with Crippen LogP contribution in [0.25, 0.3) is 0 Å². The van der Waals surface area contributed by atoms with Gasteiger partial charge in [-0.05, 0) is 75.7 Å². The second kappa shape index (κ2) is 8.49. The Morgan fingerprint density at radius 2 is 1.88 bits per heavy atom. The van der Waals surface area contributed by atoms with Gasteiger partial charge in [0.25, 0.3) is 0 Å². The van der Waals surface area contributed by atoms with Crippen LogP contribution in [0.2, 0.25) is 0 Å². The lowest BCUT2D eigenvalue weighted by Gasteiger charge is -2.43. The highest BCUT2D eigenvalue weighted by molar-refractivity contribution is 5.79. The largest absolute Gasteiger partial charge is 0.480 e. The molecule has 0 spiro atoms. The standard InChI is InChI=1S/C19H33N3O3/c20-19(21)14-3-1-13(2-4-14)12-25-17-6-5-16-10-22(11-18(23)24)8-7-15(16)9-17/h13-17H,1-12H2,(H3,20,21)(H,23,24). The molecule has 2 aliphatic carbocycles. The first-order valence-corrected chi connectivity index (χ1v) is 9.91. The molecule has 0 radical (unpaired) electrons. The normalized spacial score (nSPS) is 36.6. The molecule has 0 aromatic rings. The number of aliphatic carboxylic acids is 1. The van der Waals surface area contributed by atoms with Gasteiger partial charge in [0.2, 0.25) is 0 Å². The monoisotopic (exact) mass is 351 g/mol. The number of amidine groups is 1. The fourth-order valence-corrected chi connectivity index (χ4v) is 5.05. The van der Waals surface area contributed by atoms with E-state index < -0.39 is 5.97 Å². The van der Waals surface area contributed by atoms with Crippen LogP contribution in [0.3, 0.4) is 0 Å². The minimum Gasteiger partial charge on any atom is -0.480 e. The lowest BCUT2D eigenvalue weighted by Crippen LogP contribution is -2.46. The molecular formula is C19H33N3O3. The molecule has 4 N–H and O–H groups in total. The van der Waals surface area contributed by atoms with E-state index in [4.69, 9.17) is 21.0 Å². The Morgan fingerprint density at radius 1 is 1.12 bits per heavy atom. The third-order valence-corrected chi connectivity index (χ3v) is 6.61. The number of fused-ring (bicyclic) bond motifs is 1. The predicted molar refractivity (Wildman–Crippen MR) is 96.6 cm³/mol. The van der Waals surface area contributed by atoms with Crippen LogP contribution < -0.4 is 5.73 Å². The van der Waals surface area contributed by atoms with E-state index in [9.17, 15) is 4.79 Å². The van der Waals surface area contributed by atoms with Crippen LogP contribution in [0, 0.1) is 29.1 Å². The fourth-order valence-electron chi connectivity index (χ4n) is 5.05. The summed E-state index contributed by atoms with van der Waals surface area (Å²) < 4.78 is 6.27. The zero-order valence-corrected chi connectivity index (χ0v) is 15.2. The molecule has 3 unspecified atom stereocenters. The summed E-state index contributed by atoms with van der Waals surface area (Å²) in [6.45, 7) is 2.90. The summed E-state index contributed by atoms with van der Waals surface area (Å²) in [4.78, 5) is 13.0. The Balaban J connectivity index is 1.37. The van der Waals surface area contributed by atoms with Crippen molar-refractivity contribution in [3.63, 3.8) is 0 Å². The van der Waals surface area contributed by atoms with Gasteiger partial charge in [-0.3, -0.25) is 15.1 Å². The average molecular weight is 351 g/mol. The number of hydrogen-bond acceptors (Lipinski definition) is 4. The maximum Gasteiger partial charge on any atom is 0.317 e. The molecule has 3 fully saturated rings. The Kier molecular flexibility index (Phi) is 6.34. The van der Waals surface area contributed by atoms with E-state index in [0.29, 0.717) is 35.6 Å². The van der Waals surface area contributed by atoms with Crippen LogP contribution in [-0.4, -0.2) is 54.2 Å². The van der Waals surface area contributed by atoms with Gasteiger partial charge in [-0.25, -0.2) is 0 Å². The highest BCUT2D eigenvalue weighted by atomic mass is 16.5. The van der Waals surface area contributed by atoms with Gasteiger partial charge in [0.05, 0.1) is 18.5 Å². The highest BCUT2D eigenvalue weighted by Gasteiger charge is 2.36. The summed E-state index contributed by atoms with van der Waals surface area (Å²) >= 11 is 0. The Bertz CT molecular complexity index is 477. The molecule has 1 saturated heterocycles. The number of likely N-dealkylation sites (tertiary alicyclic amines) is 1. The second-order valence-electron chi connectivity index (χ2n) is 8.38. The van der Waals surface area contributed by atoms with Crippen molar-refractivity contribution < 1.29 is 14.6 Å². The summed E-state index contributed by atoms with van der Waals surface area (Å²) in [7, 11) is 0. The molecule has 1 aliphatic heterocycles. The van der Waals surface area contributed by atoms with E-state index in [1.165, 1.54) is 6.42 Å². The van der Waals surface area contributed by atoms with Gasteiger partial charge in [0.15, 0.2) is 0 Å². The lowest BCUT2D eigenvalue weighted by atomic mass is 9.74. The van der Waals surface area contributed by atoms with E-state index in [1.807, 2.05) is 0 Å². The average Bonchev–Trinajstić information content (AvgIpc) is 2.59. The summed E-state index contributed by atoms with van der Waals surface area (Å²) in [6, 6.07) is 0. The maximum atomic E-state index is 10.9. The van der Waals surface area contributed by atoms with Crippen molar-refractivity contribution in [3.8, 4) is 0 Å². The Hall–Kier alpha value is -1.14. The van der Waals surface area contributed by atoms with Gasteiger partial charge in [-0.15, -0.1) is 0 Å². The third kappa shape index (κ3) is 5.17. The Morgan fingerprint density at radius 3 is 2.56 bits per heavy atom. The smallest absolute Gasteiger partial charge is 0.317 e. The number of carboxylic acid groups (broad SMARTS) is 1. The number of nitrogens with zero attached hydrogens (tertiary/aromatic N) is 1. The van der Waals surface area contributed by atoms with Gasteiger partial charge in [-0.1, -0.05) is 0 Å². The number of carboxylic acids is 1. The first-order chi connectivity index (χ1) is 12.0. The fraction of sp³-hybridized carbons (Fsp3) is 0.895. The first kappa shape index (κ1) is 18.6. The van der Waals surface area contributed by atoms with Crippen LogP contribution in [0.5, 0.6) is 0 Å². The van der Waals surface area contributed by atoms with E-state index in [-0.39, 0.29) is 6.54 Å². The SMILES string of the molecule is N=C(N)C1CCC(COC2CCC3CN(CC(=O)O)CCC3C2)CC1. The van der Waals surface area contributed by atoms with Crippen molar-refractivity contribution in [1.82, 2.24) is 4.90 Å². The van der Waals surface area contributed by atoms with Gasteiger partial charge in [0, 0.05) is 19.1 Å². The van der Waals surface area contributed by atoms with E-state index >= 15 is 0 Å². The summed E-state index contributed by atoms with van der Waals surface area (Å²) in [6.07, 6.45) is 9.28. The molecule has 6 nitrogen and oxygen atoms in total. The number of nitrogens with one attached hydrogen (secondary N) is 1. The third-order valence-electron chi connectivity index (χ3n) is 6.61. The van der Waals surface area contributed by atoms with E-state index in [0.717, 1.165) is 64.6 Å². The molecule has 3 aliphatic rings. The van der Waals surface area contributed by atoms with Crippen molar-refractivity contribution in [2.45, 2.75) is 57.5 Å². The van der Waals surface area contributed by atoms with Crippen molar-refractivity contribution in [2.75, 3.05) is 26.2 Å². The van der Waals surface area contributed by atoms with E-state index in [1.54, 1.807) is 0 Å². The number of rotatable bonds is 6. The second-order valence-corrected chi connectivity index (χ2v) is 8.38. The van der Waals surface area contributed by atoms with Crippen LogP contribution in [-0.2, 0) is 9.53 Å². The summed E-state index contributed by atoms with van der Waals surface area (Å²) in [5.74, 6) is 1.92. The van der Waals surface area contributed by atoms with E-state index in [2.05, 4.69) is 4.90 Å². The molecule has 0 bridgehead atoms. The molecular weight excluding hydrogens is 318 g/mol. The molecule has 3 rings (SSSR count). The quantitative estimate of drug-likeness (QED) is 0.504. The number of nitrogens with two attached hydrogens (primary N) is 1. The highest BCUT2D eigenvalue weighted by Crippen LogP contribution is 2.38. The summed E-state index contributed by atoms with van der Waals surface area (Å²) in [5, 5.41) is 16.5. The van der Waals surface area contributed by atoms with Crippen molar-refractivity contribution >= 4 is 11.8 Å². The lowest BCUT2D eigenvalue weighted by molar-refractivity contribution is -0.139. The zero-order valence-electron chi connectivity index (χ0n) is 15.2. The van der Waals surface area contributed by atoms with Crippen LogP contribution in [0.1, 0.15) is 51.4 Å². The Labute approximate surface area is 150 Å². The topological polar surface area (TPSA) is 99.6 Å². The molecule has 3 atom stereocenters. The van der Waals surface area contributed by atoms with Crippen LogP contribution in [0.15, 0.2) is 0 Å². The molecule has 2 saturated carbocycles. The summed E-state index contributed by atoms with van der Waals surface area (Å²) in [5.41, 5.74) is 5.62. The molecule has 0 aromatic carbocycles. The van der Waals surface area contributed by atoms with Crippen molar-refractivity contribution in [2.24, 2.45) is 29.4 Å². The van der Waals surface area contributed by atoms with Crippen molar-refractivity contribution in [1.29, 1.82) is 5.41 Å². The van der Waals surface area contributed by atoms with Crippen molar-refractivity contribution in [3.05, 3.63) is 0 Å². The number of piperidine rings is 1. The predicted octanol–water partition coefficient (Wildman–Crippen LogP) is 2.32. The minimum atomic E-state index is -0.713. The van der Waals surface area contributed by atoms with Gasteiger partial charge < -0.3 is 15.6 Å². The molecule has 1 heterocycles. The molecule has 6 heteroatoms. The molecule has 25 heavy (non-hydrogen) atoms. The first-order valence-electron chi connectivity index (χ1n) is 9.91. The molecule has 142 valence electrons. The van der Waals surface area contributed by atoms with Gasteiger partial charge >= 0.3 is 5.97 Å². The van der Waals surface area contributed by atoms with Gasteiger partial charge in [-0.2, -0.15) is 0 Å². The number of hydrogen-bond donors (Lipinski definition) is 3. The van der Waals surface area contributed by atoms with Gasteiger partial charge in [0.1, 0.15) is 0 Å². The zero-order chi connectivity index (χ0) is 17.8. The molecule has 0 amide bonds. The number of ether oxygens (including phenoxy) is 1. The van der Waals surface area contributed by atoms with Crippen LogP contribution in [0.4, 0.5) is 0 Å². The maximum absolute atomic E-state index is 10.9. The number of carbonyl (C=O) groups is 1. The van der Waals surface area contributed by atoms with Crippen LogP contribution >= 0.6 is 0 Å².